The number of aliphatic hydroxyl groups is 2. The van der Waals surface area contributed by atoms with Crippen molar-refractivity contribution >= 4 is 11.7 Å². The molecule has 0 radical (unpaired) electrons. The maximum atomic E-state index is 14.4. The quantitative estimate of drug-likeness (QED) is 0.532. The van der Waals surface area contributed by atoms with E-state index in [1.807, 2.05) is 13.8 Å². The predicted molar refractivity (Wildman–Crippen MR) is 92.4 cm³/mol. The van der Waals surface area contributed by atoms with Crippen molar-refractivity contribution in [2.75, 3.05) is 11.9 Å². The van der Waals surface area contributed by atoms with E-state index >= 15 is 0 Å². The zero-order valence-electron chi connectivity index (χ0n) is 15.2. The molecule has 1 amide bonds. The first-order valence-electron chi connectivity index (χ1n) is 8.98. The monoisotopic (exact) mass is 389 g/mol. The Morgan fingerprint density at radius 3 is 2.56 bits per heavy atom. The van der Waals surface area contributed by atoms with Crippen LogP contribution in [0.3, 0.4) is 0 Å². The molecule has 1 aliphatic heterocycles. The number of ether oxygens (including phenoxy) is 1. The Morgan fingerprint density at radius 1 is 1.41 bits per heavy atom. The molecule has 10 heteroatoms. The minimum atomic E-state index is -3.74. The summed E-state index contributed by atoms with van der Waals surface area (Å²) in [7, 11) is 0. The smallest absolute Gasteiger partial charge is 0.346 e. The van der Waals surface area contributed by atoms with Gasteiger partial charge in [0.05, 0.1) is 6.61 Å². The fourth-order valence-corrected chi connectivity index (χ4v) is 3.20. The number of nitrogens with zero attached hydrogens (tertiary/aromatic N) is 1. The number of rotatable bonds is 8. The maximum absolute atomic E-state index is 14.4. The molecular weight excluding hydrogens is 364 g/mol. The van der Waals surface area contributed by atoms with Crippen LogP contribution in [-0.2, 0) is 9.53 Å². The third kappa shape index (κ3) is 4.50. The third-order valence-electron chi connectivity index (χ3n) is 4.60. The molecule has 1 aromatic rings. The van der Waals surface area contributed by atoms with Gasteiger partial charge in [-0.05, 0) is 12.8 Å². The highest BCUT2D eigenvalue weighted by Crippen LogP contribution is 2.46. The van der Waals surface area contributed by atoms with Crippen LogP contribution in [0.5, 0.6) is 0 Å². The van der Waals surface area contributed by atoms with Crippen molar-refractivity contribution in [1.29, 1.82) is 0 Å². The molecule has 1 saturated heterocycles. The number of aliphatic hydroxyl groups excluding tert-OH is 2. The van der Waals surface area contributed by atoms with Gasteiger partial charge in [0.15, 0.2) is 6.10 Å². The van der Waals surface area contributed by atoms with Crippen LogP contribution in [0.4, 0.5) is 14.6 Å². The molecule has 8 nitrogen and oxygen atoms in total. The summed E-state index contributed by atoms with van der Waals surface area (Å²) in [6, 6.07) is 0. The van der Waals surface area contributed by atoms with Crippen molar-refractivity contribution in [2.45, 2.75) is 63.8 Å². The van der Waals surface area contributed by atoms with E-state index in [4.69, 9.17) is 9.84 Å². The lowest BCUT2D eigenvalue weighted by molar-refractivity contribution is -0.120. The van der Waals surface area contributed by atoms with Crippen LogP contribution >= 0.6 is 0 Å². The second kappa shape index (κ2) is 8.85. The zero-order valence-corrected chi connectivity index (χ0v) is 15.2. The van der Waals surface area contributed by atoms with Gasteiger partial charge in [0.1, 0.15) is 18.0 Å². The van der Waals surface area contributed by atoms with Crippen LogP contribution in [0, 0.1) is 5.92 Å². The molecule has 1 aliphatic rings. The number of aromatic nitrogens is 2. The van der Waals surface area contributed by atoms with Gasteiger partial charge in [-0.2, -0.15) is 0 Å². The standard InChI is InChI=1S/C17H25F2N3O5/c1-3-5-9(6-4-2)15(25)21-14-10(7-20-16(26)22-14)13-17(18,19)12(24)11(8-23)27-13/h7,9,11-13,23-24H,3-6,8H2,1-2H3,(H2,20,21,22,25,26)/t11-,12-,13?/m1/s1. The Kier molecular flexibility index (Phi) is 7.01. The van der Waals surface area contributed by atoms with E-state index in [1.165, 1.54) is 0 Å². The van der Waals surface area contributed by atoms with Crippen LogP contribution < -0.4 is 11.0 Å². The molecule has 27 heavy (non-hydrogen) atoms. The molecule has 1 unspecified atom stereocenters. The first-order chi connectivity index (χ1) is 12.8. The predicted octanol–water partition coefficient (Wildman–Crippen LogP) is 1.35. The lowest BCUT2D eigenvalue weighted by Crippen LogP contribution is -2.38. The van der Waals surface area contributed by atoms with Crippen LogP contribution in [0.1, 0.15) is 51.2 Å². The molecule has 3 atom stereocenters. The number of H-pyrrole nitrogens is 1. The molecule has 0 aliphatic carbocycles. The SMILES string of the molecule is CCCC(CCC)C(=O)Nc1[nH]c(=O)ncc1C1O[C@H](CO)[C@@H](O)C1(F)F. The summed E-state index contributed by atoms with van der Waals surface area (Å²) in [5.74, 6) is -4.71. The fourth-order valence-electron chi connectivity index (χ4n) is 3.20. The van der Waals surface area contributed by atoms with E-state index in [9.17, 15) is 23.5 Å². The van der Waals surface area contributed by atoms with Crippen LogP contribution in [0.2, 0.25) is 0 Å². The van der Waals surface area contributed by atoms with Gasteiger partial charge >= 0.3 is 11.6 Å². The van der Waals surface area contributed by atoms with E-state index in [2.05, 4.69) is 15.3 Å². The second-order valence-corrected chi connectivity index (χ2v) is 6.64. The molecule has 1 aromatic heterocycles. The Morgan fingerprint density at radius 2 is 2.04 bits per heavy atom. The number of alkyl halides is 2. The van der Waals surface area contributed by atoms with E-state index in [0.29, 0.717) is 12.8 Å². The van der Waals surface area contributed by atoms with Crippen molar-refractivity contribution in [3.63, 3.8) is 0 Å². The molecule has 0 aromatic carbocycles. The fraction of sp³-hybridized carbons (Fsp3) is 0.706. The largest absolute Gasteiger partial charge is 0.394 e. The Hall–Kier alpha value is -1.91. The van der Waals surface area contributed by atoms with Gasteiger partial charge in [-0.15, -0.1) is 0 Å². The Labute approximate surface area is 155 Å². The average molecular weight is 389 g/mol. The summed E-state index contributed by atoms with van der Waals surface area (Å²) in [4.78, 5) is 29.8. The highest BCUT2D eigenvalue weighted by molar-refractivity contribution is 5.92. The summed E-state index contributed by atoms with van der Waals surface area (Å²) in [5.41, 5.74) is -1.09. The first kappa shape index (κ1) is 21.4. The van der Waals surface area contributed by atoms with E-state index < -0.39 is 42.4 Å². The number of amides is 1. The molecule has 0 saturated carbocycles. The van der Waals surface area contributed by atoms with Gasteiger partial charge < -0.3 is 20.3 Å². The van der Waals surface area contributed by atoms with E-state index in [-0.39, 0.29) is 17.3 Å². The zero-order chi connectivity index (χ0) is 20.2. The summed E-state index contributed by atoms with van der Waals surface area (Å²) >= 11 is 0. The van der Waals surface area contributed by atoms with Gasteiger partial charge in [-0.3, -0.25) is 9.78 Å². The van der Waals surface area contributed by atoms with Crippen molar-refractivity contribution in [2.24, 2.45) is 5.92 Å². The van der Waals surface area contributed by atoms with Crippen molar-refractivity contribution in [3.05, 3.63) is 22.2 Å². The third-order valence-corrected chi connectivity index (χ3v) is 4.60. The van der Waals surface area contributed by atoms with E-state index in [1.54, 1.807) is 0 Å². The van der Waals surface area contributed by atoms with Gasteiger partial charge in [0.25, 0.3) is 0 Å². The molecule has 4 N–H and O–H groups in total. The number of carbonyl (C=O) groups excluding carboxylic acids is 1. The lowest BCUT2D eigenvalue weighted by atomic mass is 9.97. The van der Waals surface area contributed by atoms with Crippen molar-refractivity contribution in [3.8, 4) is 0 Å². The number of hydrogen-bond donors (Lipinski definition) is 4. The minimum Gasteiger partial charge on any atom is -0.394 e. The van der Waals surface area contributed by atoms with E-state index in [0.717, 1.165) is 19.0 Å². The van der Waals surface area contributed by atoms with Crippen molar-refractivity contribution < 1.29 is 28.5 Å². The molecule has 152 valence electrons. The minimum absolute atomic E-state index is 0.243. The van der Waals surface area contributed by atoms with Crippen molar-refractivity contribution in [1.82, 2.24) is 9.97 Å². The summed E-state index contributed by atoms with van der Waals surface area (Å²) in [6.07, 6.45) is -2.03. The van der Waals surface area contributed by atoms with Crippen LogP contribution in [0.15, 0.2) is 11.0 Å². The number of aromatic amines is 1. The number of carbonyl (C=O) groups is 1. The number of nitrogens with one attached hydrogen (secondary N) is 2. The second-order valence-electron chi connectivity index (χ2n) is 6.64. The number of hydrogen-bond acceptors (Lipinski definition) is 6. The van der Waals surface area contributed by atoms with Crippen LogP contribution in [0.25, 0.3) is 0 Å². The Bertz CT molecular complexity index is 706. The number of anilines is 1. The highest BCUT2D eigenvalue weighted by Gasteiger charge is 2.59. The summed E-state index contributed by atoms with van der Waals surface area (Å²) in [5, 5.41) is 21.3. The molecule has 2 heterocycles. The summed E-state index contributed by atoms with van der Waals surface area (Å²) < 4.78 is 33.9. The maximum Gasteiger partial charge on any atom is 0.346 e. The lowest BCUT2D eigenvalue weighted by Gasteiger charge is -2.22. The Balaban J connectivity index is 2.35. The van der Waals surface area contributed by atoms with Gasteiger partial charge in [0.2, 0.25) is 5.91 Å². The molecule has 1 fully saturated rings. The molecule has 0 bridgehead atoms. The topological polar surface area (TPSA) is 125 Å². The van der Waals surface area contributed by atoms with Gasteiger partial charge in [0, 0.05) is 17.7 Å². The number of halogens is 2. The van der Waals surface area contributed by atoms with Gasteiger partial charge in [-0.1, -0.05) is 26.7 Å². The van der Waals surface area contributed by atoms with Gasteiger partial charge in [-0.25, -0.2) is 18.6 Å². The average Bonchev–Trinajstić information content (AvgIpc) is 2.85. The highest BCUT2D eigenvalue weighted by atomic mass is 19.3. The summed E-state index contributed by atoms with van der Waals surface area (Å²) in [6.45, 7) is 3.05. The molecule has 0 spiro atoms. The molecule has 2 rings (SSSR count). The normalized spacial score (nSPS) is 24.3. The first-order valence-corrected chi connectivity index (χ1v) is 8.98. The van der Waals surface area contributed by atoms with Crippen LogP contribution in [-0.4, -0.2) is 50.8 Å². The molecular formula is C17H25F2N3O5.